The molecule has 0 spiro atoms. The summed E-state index contributed by atoms with van der Waals surface area (Å²) in [6, 6.07) is 8.51. The normalized spacial score (nSPS) is 10.6. The average molecular weight is 240 g/mol. The van der Waals surface area contributed by atoms with Crippen molar-refractivity contribution in [3.05, 3.63) is 29.8 Å². The van der Waals surface area contributed by atoms with E-state index >= 15 is 0 Å². The van der Waals surface area contributed by atoms with Gasteiger partial charge in [0.15, 0.2) is 0 Å². The minimum Gasteiger partial charge on any atom is -0.396 e. The first kappa shape index (κ1) is 13.6. The summed E-state index contributed by atoms with van der Waals surface area (Å²) >= 11 is 1.88. The standard InChI is InChI=1S/C13H20O2S/c1-15-11-12-5-7-13(8-6-12)16-10-4-2-3-9-14/h5-8,14H,2-4,9-11H2,1H3. The first-order valence-electron chi connectivity index (χ1n) is 5.68. The van der Waals surface area contributed by atoms with Crippen LogP contribution in [0.3, 0.4) is 0 Å². The summed E-state index contributed by atoms with van der Waals surface area (Å²) in [5.41, 5.74) is 1.21. The highest BCUT2D eigenvalue weighted by atomic mass is 32.2. The van der Waals surface area contributed by atoms with Gasteiger partial charge in [0.1, 0.15) is 0 Å². The van der Waals surface area contributed by atoms with E-state index in [2.05, 4.69) is 24.3 Å². The predicted molar refractivity (Wildman–Crippen MR) is 68.8 cm³/mol. The van der Waals surface area contributed by atoms with E-state index in [0.29, 0.717) is 13.2 Å². The first-order chi connectivity index (χ1) is 7.86. The molecular weight excluding hydrogens is 220 g/mol. The molecule has 1 N–H and O–H groups in total. The molecule has 1 rings (SSSR count). The molecule has 1 aromatic carbocycles. The Bertz CT molecular complexity index is 272. The van der Waals surface area contributed by atoms with E-state index < -0.39 is 0 Å². The SMILES string of the molecule is COCc1ccc(SCCCCCO)cc1. The second-order valence-electron chi connectivity index (χ2n) is 3.71. The summed E-state index contributed by atoms with van der Waals surface area (Å²) in [5.74, 6) is 1.13. The van der Waals surface area contributed by atoms with Crippen molar-refractivity contribution < 1.29 is 9.84 Å². The molecule has 0 atom stereocenters. The third kappa shape index (κ3) is 5.54. The van der Waals surface area contributed by atoms with Gasteiger partial charge < -0.3 is 9.84 Å². The van der Waals surface area contributed by atoms with Crippen LogP contribution < -0.4 is 0 Å². The maximum Gasteiger partial charge on any atom is 0.0713 e. The van der Waals surface area contributed by atoms with Crippen LogP contribution in [0.5, 0.6) is 0 Å². The maximum atomic E-state index is 8.65. The maximum absolute atomic E-state index is 8.65. The van der Waals surface area contributed by atoms with Gasteiger partial charge in [-0.3, -0.25) is 0 Å². The van der Waals surface area contributed by atoms with Gasteiger partial charge in [0, 0.05) is 18.6 Å². The van der Waals surface area contributed by atoms with E-state index in [4.69, 9.17) is 9.84 Å². The van der Waals surface area contributed by atoms with Crippen LogP contribution in [0.2, 0.25) is 0 Å². The molecule has 0 saturated carbocycles. The molecule has 0 aliphatic rings. The van der Waals surface area contributed by atoms with Crippen LogP contribution in [-0.4, -0.2) is 24.6 Å². The number of ether oxygens (including phenoxy) is 1. The number of unbranched alkanes of at least 4 members (excludes halogenated alkanes) is 2. The molecule has 0 aliphatic heterocycles. The number of benzene rings is 1. The number of hydrogen-bond acceptors (Lipinski definition) is 3. The minimum absolute atomic E-state index is 0.316. The highest BCUT2D eigenvalue weighted by Crippen LogP contribution is 2.20. The van der Waals surface area contributed by atoms with Crippen molar-refractivity contribution in [1.82, 2.24) is 0 Å². The van der Waals surface area contributed by atoms with Gasteiger partial charge in [0.25, 0.3) is 0 Å². The van der Waals surface area contributed by atoms with Crippen molar-refractivity contribution in [2.45, 2.75) is 30.8 Å². The van der Waals surface area contributed by atoms with Gasteiger partial charge >= 0.3 is 0 Å². The fourth-order valence-corrected chi connectivity index (χ4v) is 2.34. The van der Waals surface area contributed by atoms with Crippen LogP contribution in [0.15, 0.2) is 29.2 Å². The lowest BCUT2D eigenvalue weighted by molar-refractivity contribution is 0.185. The Morgan fingerprint density at radius 2 is 1.88 bits per heavy atom. The van der Waals surface area contributed by atoms with E-state index in [1.807, 2.05) is 11.8 Å². The quantitative estimate of drug-likeness (QED) is 0.559. The Labute approximate surface area is 102 Å². The highest BCUT2D eigenvalue weighted by molar-refractivity contribution is 7.99. The lowest BCUT2D eigenvalue weighted by Crippen LogP contribution is -1.87. The van der Waals surface area contributed by atoms with Gasteiger partial charge in [-0.15, -0.1) is 11.8 Å². The summed E-state index contributed by atoms with van der Waals surface area (Å²) in [5, 5.41) is 8.65. The van der Waals surface area contributed by atoms with Crippen molar-refractivity contribution in [2.75, 3.05) is 19.5 Å². The molecule has 0 aromatic heterocycles. The van der Waals surface area contributed by atoms with E-state index in [0.717, 1.165) is 18.6 Å². The molecule has 0 bridgehead atoms. The number of aliphatic hydroxyl groups is 1. The lowest BCUT2D eigenvalue weighted by Gasteiger charge is -2.03. The molecule has 16 heavy (non-hydrogen) atoms. The average Bonchev–Trinajstić information content (AvgIpc) is 2.31. The Morgan fingerprint density at radius 1 is 1.12 bits per heavy atom. The van der Waals surface area contributed by atoms with Crippen LogP contribution in [0, 0.1) is 0 Å². The van der Waals surface area contributed by atoms with Gasteiger partial charge in [-0.2, -0.15) is 0 Å². The molecule has 0 fully saturated rings. The second-order valence-corrected chi connectivity index (χ2v) is 4.88. The van der Waals surface area contributed by atoms with E-state index in [1.165, 1.54) is 16.9 Å². The Morgan fingerprint density at radius 3 is 2.50 bits per heavy atom. The smallest absolute Gasteiger partial charge is 0.0713 e. The third-order valence-electron chi connectivity index (χ3n) is 2.31. The zero-order valence-electron chi connectivity index (χ0n) is 9.82. The number of thioether (sulfide) groups is 1. The molecule has 0 saturated heterocycles. The highest BCUT2D eigenvalue weighted by Gasteiger charge is 1.95. The van der Waals surface area contributed by atoms with Crippen molar-refractivity contribution in [3.63, 3.8) is 0 Å². The Kier molecular flexibility index (Phi) is 7.30. The zero-order valence-corrected chi connectivity index (χ0v) is 10.6. The summed E-state index contributed by atoms with van der Waals surface area (Å²) < 4.78 is 5.06. The molecule has 90 valence electrons. The molecule has 0 unspecified atom stereocenters. The first-order valence-corrected chi connectivity index (χ1v) is 6.67. The molecular formula is C13H20O2S. The van der Waals surface area contributed by atoms with Crippen LogP contribution in [0.25, 0.3) is 0 Å². The summed E-state index contributed by atoms with van der Waals surface area (Å²) in [6.07, 6.45) is 3.21. The minimum atomic E-state index is 0.316. The number of aliphatic hydroxyl groups excluding tert-OH is 1. The van der Waals surface area contributed by atoms with Gasteiger partial charge in [0.2, 0.25) is 0 Å². The Balaban J connectivity index is 2.21. The topological polar surface area (TPSA) is 29.5 Å². The molecule has 1 aromatic rings. The fourth-order valence-electron chi connectivity index (χ4n) is 1.43. The van der Waals surface area contributed by atoms with E-state index in [1.54, 1.807) is 7.11 Å². The van der Waals surface area contributed by atoms with Crippen LogP contribution >= 0.6 is 11.8 Å². The lowest BCUT2D eigenvalue weighted by atomic mass is 10.2. The van der Waals surface area contributed by atoms with E-state index in [-0.39, 0.29) is 0 Å². The summed E-state index contributed by atoms with van der Waals surface area (Å²) in [7, 11) is 1.71. The monoisotopic (exact) mass is 240 g/mol. The summed E-state index contributed by atoms with van der Waals surface area (Å²) in [4.78, 5) is 1.31. The zero-order chi connectivity index (χ0) is 11.6. The fraction of sp³-hybridized carbons (Fsp3) is 0.538. The molecule has 0 aliphatic carbocycles. The van der Waals surface area contributed by atoms with Gasteiger partial charge in [-0.1, -0.05) is 18.6 Å². The van der Waals surface area contributed by atoms with Gasteiger partial charge in [0.05, 0.1) is 6.61 Å². The largest absolute Gasteiger partial charge is 0.396 e. The summed E-state index contributed by atoms with van der Waals surface area (Å²) in [6.45, 7) is 0.998. The van der Waals surface area contributed by atoms with E-state index in [9.17, 15) is 0 Å². The van der Waals surface area contributed by atoms with Crippen molar-refractivity contribution in [2.24, 2.45) is 0 Å². The van der Waals surface area contributed by atoms with Crippen molar-refractivity contribution >= 4 is 11.8 Å². The third-order valence-corrected chi connectivity index (χ3v) is 3.40. The van der Waals surface area contributed by atoms with Gasteiger partial charge in [-0.25, -0.2) is 0 Å². The molecule has 0 heterocycles. The molecule has 0 radical (unpaired) electrons. The predicted octanol–water partition coefficient (Wildman–Crippen LogP) is 3.09. The number of hydrogen-bond donors (Lipinski definition) is 1. The number of methoxy groups -OCH3 is 1. The van der Waals surface area contributed by atoms with Crippen molar-refractivity contribution in [1.29, 1.82) is 0 Å². The van der Waals surface area contributed by atoms with Crippen LogP contribution in [0.1, 0.15) is 24.8 Å². The molecule has 2 nitrogen and oxygen atoms in total. The van der Waals surface area contributed by atoms with Crippen molar-refractivity contribution in [3.8, 4) is 0 Å². The molecule has 3 heteroatoms. The van der Waals surface area contributed by atoms with Gasteiger partial charge in [-0.05, 0) is 36.3 Å². The van der Waals surface area contributed by atoms with Crippen LogP contribution in [-0.2, 0) is 11.3 Å². The second kappa shape index (κ2) is 8.62. The number of rotatable bonds is 8. The molecule has 0 amide bonds. The van der Waals surface area contributed by atoms with Crippen LogP contribution in [0.4, 0.5) is 0 Å². The Hall–Kier alpha value is -0.510.